The summed E-state index contributed by atoms with van der Waals surface area (Å²) in [6.45, 7) is 3.07. The summed E-state index contributed by atoms with van der Waals surface area (Å²) in [5.41, 5.74) is 1.07. The van der Waals surface area contributed by atoms with E-state index >= 15 is 0 Å². The first kappa shape index (κ1) is 18.6. The molecule has 0 N–H and O–H groups in total. The zero-order valence-electron chi connectivity index (χ0n) is 15.2. The molecule has 0 saturated carbocycles. The lowest BCUT2D eigenvalue weighted by Gasteiger charge is -2.35. The van der Waals surface area contributed by atoms with E-state index in [0.29, 0.717) is 36.1 Å². The van der Waals surface area contributed by atoms with Gasteiger partial charge in [-0.25, -0.2) is 12.8 Å². The maximum Gasteiger partial charge on any atom is 0.243 e. The van der Waals surface area contributed by atoms with Gasteiger partial charge in [0.05, 0.1) is 10.6 Å². The average molecular weight is 402 g/mol. The van der Waals surface area contributed by atoms with Crippen LogP contribution in [0.3, 0.4) is 0 Å². The Kier molecular flexibility index (Phi) is 4.86. The van der Waals surface area contributed by atoms with Gasteiger partial charge in [-0.2, -0.15) is 9.29 Å². The van der Waals surface area contributed by atoms with Crippen LogP contribution in [-0.4, -0.2) is 49.0 Å². The average Bonchev–Trinajstić information content (AvgIpc) is 3.15. The van der Waals surface area contributed by atoms with Crippen LogP contribution in [0.4, 0.5) is 10.1 Å². The summed E-state index contributed by atoms with van der Waals surface area (Å²) in [5, 5.41) is 3.84. The predicted octanol–water partition coefficient (Wildman–Crippen LogP) is 2.70. The fraction of sp³-hybridized carbons (Fsp3) is 0.263. The Labute approximate surface area is 162 Å². The molecule has 1 aromatic heterocycles. The van der Waals surface area contributed by atoms with Gasteiger partial charge in [-0.1, -0.05) is 29.4 Å². The zero-order chi connectivity index (χ0) is 19.7. The van der Waals surface area contributed by atoms with Crippen molar-refractivity contribution in [3.63, 3.8) is 0 Å². The van der Waals surface area contributed by atoms with Crippen LogP contribution in [-0.2, 0) is 10.0 Å². The second kappa shape index (κ2) is 7.33. The van der Waals surface area contributed by atoms with Crippen molar-refractivity contribution in [2.24, 2.45) is 0 Å². The van der Waals surface area contributed by atoms with E-state index in [2.05, 4.69) is 10.1 Å². The molecule has 0 aliphatic carbocycles. The molecule has 2 aromatic carbocycles. The first-order valence-corrected chi connectivity index (χ1v) is 10.3. The van der Waals surface area contributed by atoms with Crippen LogP contribution < -0.4 is 4.90 Å². The van der Waals surface area contributed by atoms with Crippen LogP contribution in [0.2, 0.25) is 0 Å². The summed E-state index contributed by atoms with van der Waals surface area (Å²) >= 11 is 0. The van der Waals surface area contributed by atoms with Crippen molar-refractivity contribution in [3.05, 3.63) is 60.2 Å². The molecule has 146 valence electrons. The van der Waals surface area contributed by atoms with E-state index < -0.39 is 10.0 Å². The monoisotopic (exact) mass is 402 g/mol. The fourth-order valence-corrected chi connectivity index (χ4v) is 4.71. The van der Waals surface area contributed by atoms with E-state index in [1.54, 1.807) is 49.4 Å². The number of aryl methyl sites for hydroxylation is 1. The summed E-state index contributed by atoms with van der Waals surface area (Å²) in [6, 6.07) is 13.0. The predicted molar refractivity (Wildman–Crippen MR) is 102 cm³/mol. The van der Waals surface area contributed by atoms with Gasteiger partial charge in [0.1, 0.15) is 5.82 Å². The molecule has 1 fully saturated rings. The summed E-state index contributed by atoms with van der Waals surface area (Å²) in [4.78, 5) is 6.17. The Morgan fingerprint density at radius 2 is 1.79 bits per heavy atom. The maximum absolute atomic E-state index is 14.0. The van der Waals surface area contributed by atoms with Gasteiger partial charge in [0.2, 0.25) is 21.7 Å². The molecule has 0 radical (unpaired) electrons. The molecule has 9 heteroatoms. The number of rotatable bonds is 4. The van der Waals surface area contributed by atoms with Gasteiger partial charge >= 0.3 is 0 Å². The van der Waals surface area contributed by atoms with Crippen LogP contribution in [0.15, 0.2) is 57.9 Å². The Balaban J connectivity index is 1.53. The highest BCUT2D eigenvalue weighted by molar-refractivity contribution is 7.89. The third-order valence-electron chi connectivity index (χ3n) is 4.69. The molecule has 0 bridgehead atoms. The number of hydrogen-bond donors (Lipinski definition) is 0. The SMILES string of the molecule is Cc1nc(-c2cccc(S(=O)(=O)N3CCN(c4ccccc4F)CC3)c2)no1. The lowest BCUT2D eigenvalue weighted by molar-refractivity contribution is 0.383. The van der Waals surface area contributed by atoms with Crippen LogP contribution in [0.5, 0.6) is 0 Å². The smallest absolute Gasteiger partial charge is 0.243 e. The number of hydrogen-bond acceptors (Lipinski definition) is 6. The quantitative estimate of drug-likeness (QED) is 0.668. The fourth-order valence-electron chi connectivity index (χ4n) is 3.24. The summed E-state index contributed by atoms with van der Waals surface area (Å²) in [6.07, 6.45) is 0. The molecule has 28 heavy (non-hydrogen) atoms. The number of sulfonamides is 1. The van der Waals surface area contributed by atoms with Crippen molar-refractivity contribution < 1.29 is 17.3 Å². The van der Waals surface area contributed by atoms with Gasteiger partial charge in [0, 0.05) is 38.7 Å². The van der Waals surface area contributed by atoms with Gasteiger partial charge in [-0.15, -0.1) is 0 Å². The molecule has 1 aliphatic rings. The first-order valence-electron chi connectivity index (χ1n) is 8.85. The highest BCUT2D eigenvalue weighted by Gasteiger charge is 2.29. The number of benzene rings is 2. The van der Waals surface area contributed by atoms with Crippen LogP contribution >= 0.6 is 0 Å². The van der Waals surface area contributed by atoms with Gasteiger partial charge in [-0.05, 0) is 24.3 Å². The van der Waals surface area contributed by atoms with Crippen LogP contribution in [0.1, 0.15) is 5.89 Å². The first-order chi connectivity index (χ1) is 13.4. The third kappa shape index (κ3) is 3.50. The second-order valence-electron chi connectivity index (χ2n) is 6.51. The van der Waals surface area contributed by atoms with Gasteiger partial charge in [0.25, 0.3) is 0 Å². The molecule has 0 amide bonds. The molecular formula is C19H19FN4O3S. The standard InChI is InChI=1S/C19H19FN4O3S/c1-14-21-19(22-27-14)15-5-4-6-16(13-15)28(25,26)24-11-9-23(10-12-24)18-8-3-2-7-17(18)20/h2-8,13H,9-12H2,1H3. The topological polar surface area (TPSA) is 79.5 Å². The Bertz CT molecular complexity index is 1090. The lowest BCUT2D eigenvalue weighted by Crippen LogP contribution is -2.48. The molecule has 2 heterocycles. The van der Waals surface area contributed by atoms with Gasteiger partial charge in [-0.3, -0.25) is 0 Å². The normalized spacial score (nSPS) is 15.7. The summed E-state index contributed by atoms with van der Waals surface area (Å²) in [5.74, 6) is 0.452. The highest BCUT2D eigenvalue weighted by Crippen LogP contribution is 2.25. The molecule has 0 atom stereocenters. The number of nitrogens with zero attached hydrogens (tertiary/aromatic N) is 4. The van der Waals surface area contributed by atoms with E-state index in [0.717, 1.165) is 0 Å². The largest absolute Gasteiger partial charge is 0.367 e. The minimum atomic E-state index is -3.67. The van der Waals surface area contributed by atoms with Gasteiger partial charge in [0.15, 0.2) is 0 Å². The number of para-hydroxylation sites is 1. The minimum absolute atomic E-state index is 0.173. The molecule has 7 nitrogen and oxygen atoms in total. The molecule has 1 saturated heterocycles. The Morgan fingerprint density at radius 3 is 2.46 bits per heavy atom. The van der Waals surface area contributed by atoms with Crippen molar-refractivity contribution in [3.8, 4) is 11.4 Å². The third-order valence-corrected chi connectivity index (χ3v) is 6.58. The van der Waals surface area contributed by atoms with Gasteiger partial charge < -0.3 is 9.42 Å². The molecule has 1 aliphatic heterocycles. The van der Waals surface area contributed by atoms with Crippen LogP contribution in [0, 0.1) is 12.7 Å². The second-order valence-corrected chi connectivity index (χ2v) is 8.45. The number of piperazine rings is 1. The molecular weight excluding hydrogens is 383 g/mol. The van der Waals surface area contributed by atoms with Crippen molar-refractivity contribution in [1.82, 2.24) is 14.4 Å². The molecule has 3 aromatic rings. The van der Waals surface area contributed by atoms with Crippen molar-refractivity contribution in [2.45, 2.75) is 11.8 Å². The molecule has 0 unspecified atom stereocenters. The number of anilines is 1. The van der Waals surface area contributed by atoms with E-state index in [4.69, 9.17) is 4.52 Å². The van der Waals surface area contributed by atoms with Crippen molar-refractivity contribution in [2.75, 3.05) is 31.1 Å². The maximum atomic E-state index is 14.0. The lowest BCUT2D eigenvalue weighted by atomic mass is 10.2. The summed E-state index contributed by atoms with van der Waals surface area (Å²) in [7, 11) is -3.67. The Morgan fingerprint density at radius 1 is 1.04 bits per heavy atom. The highest BCUT2D eigenvalue weighted by atomic mass is 32.2. The minimum Gasteiger partial charge on any atom is -0.367 e. The number of aromatic nitrogens is 2. The van der Waals surface area contributed by atoms with E-state index in [1.807, 2.05) is 4.90 Å². The summed E-state index contributed by atoms with van der Waals surface area (Å²) < 4.78 is 46.5. The Hall–Kier alpha value is -2.78. The number of halogens is 1. The van der Waals surface area contributed by atoms with Crippen LogP contribution in [0.25, 0.3) is 11.4 Å². The zero-order valence-corrected chi connectivity index (χ0v) is 16.1. The van der Waals surface area contributed by atoms with Crippen molar-refractivity contribution >= 4 is 15.7 Å². The van der Waals surface area contributed by atoms with Crippen molar-refractivity contribution in [1.29, 1.82) is 0 Å². The van der Waals surface area contributed by atoms with E-state index in [9.17, 15) is 12.8 Å². The molecule has 0 spiro atoms. The molecule has 4 rings (SSSR count). The van der Waals surface area contributed by atoms with E-state index in [1.165, 1.54) is 10.4 Å². The van der Waals surface area contributed by atoms with E-state index in [-0.39, 0.29) is 23.8 Å².